The van der Waals surface area contributed by atoms with Crippen molar-refractivity contribution >= 4 is 11.6 Å². The fourth-order valence-electron chi connectivity index (χ4n) is 3.19. The number of hydrogen-bond donors (Lipinski definition) is 0. The van der Waals surface area contributed by atoms with E-state index >= 15 is 0 Å². The molecule has 1 fully saturated rings. The molecule has 4 rings (SSSR count). The van der Waals surface area contributed by atoms with Crippen molar-refractivity contribution in [3.05, 3.63) is 71.9 Å². The Morgan fingerprint density at radius 2 is 1.93 bits per heavy atom. The van der Waals surface area contributed by atoms with Crippen LogP contribution in [0.2, 0.25) is 0 Å². The quantitative estimate of drug-likeness (QED) is 0.667. The first kappa shape index (κ1) is 17.3. The van der Waals surface area contributed by atoms with Gasteiger partial charge in [0.1, 0.15) is 5.75 Å². The zero-order valence-corrected chi connectivity index (χ0v) is 15.2. The fraction of sp³-hybridized carbons (Fsp3) is 0.286. The zero-order valence-electron chi connectivity index (χ0n) is 15.2. The third-order valence-corrected chi connectivity index (χ3v) is 4.73. The number of hydrogen-bond acceptors (Lipinski definition) is 5. The molecule has 0 aliphatic carbocycles. The van der Waals surface area contributed by atoms with E-state index in [0.717, 1.165) is 17.9 Å². The monoisotopic (exact) mass is 363 g/mol. The average Bonchev–Trinajstić information content (AvgIpc) is 3.34. The SMILES string of the molecule is CCc1ccc(N2CC(c3nc(COc4ccccc4)no3)CC2=O)cc1. The second-order valence-electron chi connectivity index (χ2n) is 6.58. The number of ether oxygens (including phenoxy) is 1. The summed E-state index contributed by atoms with van der Waals surface area (Å²) in [7, 11) is 0. The van der Waals surface area contributed by atoms with Crippen LogP contribution in [0.5, 0.6) is 5.75 Å². The van der Waals surface area contributed by atoms with Crippen LogP contribution in [0, 0.1) is 0 Å². The van der Waals surface area contributed by atoms with Gasteiger partial charge in [0.15, 0.2) is 6.61 Å². The molecule has 6 heteroatoms. The molecule has 1 unspecified atom stereocenters. The normalized spacial score (nSPS) is 16.7. The number of carbonyl (C=O) groups is 1. The van der Waals surface area contributed by atoms with Crippen molar-refractivity contribution < 1.29 is 14.1 Å². The van der Waals surface area contributed by atoms with Crippen LogP contribution in [0.4, 0.5) is 5.69 Å². The van der Waals surface area contributed by atoms with Crippen molar-refractivity contribution in [3.8, 4) is 5.75 Å². The van der Waals surface area contributed by atoms with Crippen LogP contribution in [-0.2, 0) is 17.8 Å². The van der Waals surface area contributed by atoms with Gasteiger partial charge in [0.05, 0.1) is 5.92 Å². The predicted octanol–water partition coefficient (Wildman–Crippen LogP) is 3.73. The maximum Gasteiger partial charge on any atom is 0.232 e. The van der Waals surface area contributed by atoms with Crippen LogP contribution >= 0.6 is 0 Å². The number of carbonyl (C=O) groups excluding carboxylic acids is 1. The molecule has 1 aliphatic rings. The van der Waals surface area contributed by atoms with Crippen LogP contribution < -0.4 is 9.64 Å². The Hall–Kier alpha value is -3.15. The Morgan fingerprint density at radius 3 is 2.67 bits per heavy atom. The second kappa shape index (κ2) is 7.61. The zero-order chi connectivity index (χ0) is 18.6. The van der Waals surface area contributed by atoms with E-state index in [-0.39, 0.29) is 18.4 Å². The summed E-state index contributed by atoms with van der Waals surface area (Å²) in [5.41, 5.74) is 2.16. The number of rotatable bonds is 6. The molecular weight excluding hydrogens is 342 g/mol. The molecule has 0 N–H and O–H groups in total. The third kappa shape index (κ3) is 3.84. The van der Waals surface area contributed by atoms with Crippen molar-refractivity contribution in [2.24, 2.45) is 0 Å². The lowest BCUT2D eigenvalue weighted by atomic mass is 10.1. The Balaban J connectivity index is 1.40. The molecule has 27 heavy (non-hydrogen) atoms. The molecule has 1 amide bonds. The van der Waals surface area contributed by atoms with Gasteiger partial charge in [-0.1, -0.05) is 42.4 Å². The molecule has 6 nitrogen and oxygen atoms in total. The van der Waals surface area contributed by atoms with Gasteiger partial charge >= 0.3 is 0 Å². The summed E-state index contributed by atoms with van der Waals surface area (Å²) in [6.07, 6.45) is 1.35. The summed E-state index contributed by atoms with van der Waals surface area (Å²) >= 11 is 0. The first-order valence-electron chi connectivity index (χ1n) is 9.12. The minimum atomic E-state index is -0.0960. The lowest BCUT2D eigenvalue weighted by molar-refractivity contribution is -0.117. The van der Waals surface area contributed by atoms with Gasteiger partial charge < -0.3 is 14.2 Å². The number of benzene rings is 2. The molecule has 1 atom stereocenters. The summed E-state index contributed by atoms with van der Waals surface area (Å²) in [4.78, 5) is 18.6. The maximum atomic E-state index is 12.4. The molecule has 138 valence electrons. The first-order chi connectivity index (χ1) is 13.2. The molecule has 1 saturated heterocycles. The highest BCUT2D eigenvalue weighted by Gasteiger charge is 2.35. The van der Waals surface area contributed by atoms with Crippen LogP contribution in [0.1, 0.15) is 36.5 Å². The maximum absolute atomic E-state index is 12.4. The third-order valence-electron chi connectivity index (χ3n) is 4.73. The van der Waals surface area contributed by atoms with Gasteiger partial charge in [-0.3, -0.25) is 4.79 Å². The lowest BCUT2D eigenvalue weighted by Gasteiger charge is -2.16. The highest BCUT2D eigenvalue weighted by Crippen LogP contribution is 2.31. The van der Waals surface area contributed by atoms with E-state index in [1.165, 1.54) is 5.56 Å². The van der Waals surface area contributed by atoms with Crippen LogP contribution in [0.15, 0.2) is 59.1 Å². The molecule has 2 heterocycles. The summed E-state index contributed by atoms with van der Waals surface area (Å²) in [5, 5.41) is 3.98. The summed E-state index contributed by atoms with van der Waals surface area (Å²) in [5.74, 6) is 1.70. The van der Waals surface area contributed by atoms with Crippen molar-refractivity contribution in [2.45, 2.75) is 32.3 Å². The molecule has 0 spiro atoms. The summed E-state index contributed by atoms with van der Waals surface area (Å²) in [6, 6.07) is 17.6. The Kier molecular flexibility index (Phi) is 4.87. The largest absolute Gasteiger partial charge is 0.485 e. The van der Waals surface area contributed by atoms with E-state index in [2.05, 4.69) is 29.2 Å². The molecule has 1 aliphatic heterocycles. The molecule has 0 radical (unpaired) electrons. The van der Waals surface area contributed by atoms with Gasteiger partial charge in [0.25, 0.3) is 0 Å². The lowest BCUT2D eigenvalue weighted by Crippen LogP contribution is -2.24. The number of aryl methyl sites for hydroxylation is 1. The summed E-state index contributed by atoms with van der Waals surface area (Å²) < 4.78 is 11.0. The van der Waals surface area contributed by atoms with E-state index < -0.39 is 0 Å². The van der Waals surface area contributed by atoms with Gasteiger partial charge in [0, 0.05) is 18.7 Å². The second-order valence-corrected chi connectivity index (χ2v) is 6.58. The number of amides is 1. The van der Waals surface area contributed by atoms with Crippen LogP contribution in [0.25, 0.3) is 0 Å². The topological polar surface area (TPSA) is 68.5 Å². The van der Waals surface area contributed by atoms with E-state index in [9.17, 15) is 4.79 Å². The minimum Gasteiger partial charge on any atom is -0.485 e. The average molecular weight is 363 g/mol. The smallest absolute Gasteiger partial charge is 0.232 e. The summed E-state index contributed by atoms with van der Waals surface area (Å²) in [6.45, 7) is 2.89. The standard InChI is InChI=1S/C21H21N3O3/c1-2-15-8-10-17(11-9-15)24-13-16(12-20(24)25)21-22-19(23-27-21)14-26-18-6-4-3-5-7-18/h3-11,16H,2,12-14H2,1H3. The Labute approximate surface area is 157 Å². The first-order valence-corrected chi connectivity index (χ1v) is 9.12. The van der Waals surface area contributed by atoms with Gasteiger partial charge in [-0.2, -0.15) is 4.98 Å². The number of anilines is 1. The molecular formula is C21H21N3O3. The van der Waals surface area contributed by atoms with E-state index in [0.29, 0.717) is 24.7 Å². The van der Waals surface area contributed by atoms with Gasteiger partial charge in [-0.05, 0) is 36.2 Å². The molecule has 0 saturated carbocycles. The highest BCUT2D eigenvalue weighted by atomic mass is 16.5. The Morgan fingerprint density at radius 1 is 1.15 bits per heavy atom. The molecule has 3 aromatic rings. The minimum absolute atomic E-state index is 0.0736. The van der Waals surface area contributed by atoms with E-state index in [4.69, 9.17) is 9.26 Å². The number of para-hydroxylation sites is 1. The van der Waals surface area contributed by atoms with Crippen molar-refractivity contribution in [1.82, 2.24) is 10.1 Å². The van der Waals surface area contributed by atoms with Gasteiger partial charge in [-0.25, -0.2) is 0 Å². The molecule has 0 bridgehead atoms. The number of aromatic nitrogens is 2. The predicted molar refractivity (Wildman–Crippen MR) is 101 cm³/mol. The van der Waals surface area contributed by atoms with Crippen LogP contribution in [-0.4, -0.2) is 22.6 Å². The van der Waals surface area contributed by atoms with Crippen LogP contribution in [0.3, 0.4) is 0 Å². The fourth-order valence-corrected chi connectivity index (χ4v) is 3.19. The van der Waals surface area contributed by atoms with Crippen molar-refractivity contribution in [3.63, 3.8) is 0 Å². The van der Waals surface area contributed by atoms with Gasteiger partial charge in [0.2, 0.25) is 17.6 Å². The van der Waals surface area contributed by atoms with E-state index in [1.807, 2.05) is 42.5 Å². The van der Waals surface area contributed by atoms with Gasteiger partial charge in [-0.15, -0.1) is 0 Å². The van der Waals surface area contributed by atoms with Crippen molar-refractivity contribution in [1.29, 1.82) is 0 Å². The van der Waals surface area contributed by atoms with E-state index in [1.54, 1.807) is 4.90 Å². The Bertz CT molecular complexity index is 906. The molecule has 1 aromatic heterocycles. The molecule has 2 aromatic carbocycles. The number of nitrogens with zero attached hydrogens (tertiary/aromatic N) is 3. The highest BCUT2D eigenvalue weighted by molar-refractivity contribution is 5.96. The van der Waals surface area contributed by atoms with Crippen molar-refractivity contribution in [2.75, 3.05) is 11.4 Å².